The molecule has 0 aliphatic carbocycles. The van der Waals surface area contributed by atoms with E-state index in [1.165, 1.54) is 32.6 Å². The van der Waals surface area contributed by atoms with Crippen LogP contribution in [-0.2, 0) is 16.1 Å². The van der Waals surface area contributed by atoms with Crippen LogP contribution in [0.4, 0.5) is 10.5 Å². The molecule has 3 aromatic carbocycles. The van der Waals surface area contributed by atoms with E-state index >= 15 is 0 Å². The summed E-state index contributed by atoms with van der Waals surface area (Å²) >= 11 is 6.44. The Balaban J connectivity index is 1.39. The van der Waals surface area contributed by atoms with Crippen LogP contribution in [0.3, 0.4) is 0 Å². The predicted octanol–water partition coefficient (Wildman–Crippen LogP) is 4.36. The number of amides is 2. The monoisotopic (exact) mass is 683 g/mol. The fourth-order valence-corrected chi connectivity index (χ4v) is 4.96. The number of non-ortho nitro benzene ring substituents is 1. The number of benzene rings is 3. The first-order chi connectivity index (χ1) is 23.0. The number of aliphatic hydroxyl groups excluding tert-OH is 1. The van der Waals surface area contributed by atoms with Crippen molar-refractivity contribution in [1.82, 2.24) is 16.1 Å². The number of rotatable bonds is 15. The fraction of sp³-hybridized carbons (Fsp3) is 0.281. The molecular formula is C32H34ClN5O10. The van der Waals surface area contributed by atoms with Gasteiger partial charge in [-0.1, -0.05) is 29.8 Å². The van der Waals surface area contributed by atoms with Crippen LogP contribution >= 0.6 is 11.6 Å². The third-order valence-corrected chi connectivity index (χ3v) is 7.15. The number of nitro benzene ring substituents is 1. The van der Waals surface area contributed by atoms with Crippen LogP contribution in [0, 0.1) is 10.1 Å². The molecule has 0 unspecified atom stereocenters. The lowest BCUT2D eigenvalue weighted by Crippen LogP contribution is -2.45. The zero-order chi connectivity index (χ0) is 34.8. The van der Waals surface area contributed by atoms with Crippen LogP contribution in [0.15, 0.2) is 71.0 Å². The molecule has 4 rings (SSSR count). The summed E-state index contributed by atoms with van der Waals surface area (Å²) in [7, 11) is 2.69. The number of ether oxygens (including phenoxy) is 5. The molecule has 2 atom stereocenters. The average Bonchev–Trinajstić information content (AvgIpc) is 3.06. The largest absolute Gasteiger partial charge is 0.493 e. The molecule has 2 amide bonds. The Morgan fingerprint density at radius 1 is 1.12 bits per heavy atom. The number of allylic oxidation sites excluding steroid dienone is 1. The van der Waals surface area contributed by atoms with Gasteiger partial charge in [0.2, 0.25) is 0 Å². The highest BCUT2D eigenvalue weighted by molar-refractivity contribution is 6.32. The number of nitrogens with one attached hydrogen (secondary N) is 3. The molecule has 0 bridgehead atoms. The summed E-state index contributed by atoms with van der Waals surface area (Å²) in [6.45, 7) is 3.49. The van der Waals surface area contributed by atoms with Crippen LogP contribution in [0.5, 0.6) is 23.0 Å². The molecule has 0 radical (unpaired) electrons. The molecule has 16 heteroatoms. The molecule has 48 heavy (non-hydrogen) atoms. The summed E-state index contributed by atoms with van der Waals surface area (Å²) in [6.07, 6.45) is 0.176. The molecule has 0 spiro atoms. The number of esters is 1. The second-order valence-electron chi connectivity index (χ2n) is 10.2. The Kier molecular flexibility index (Phi) is 12.0. The van der Waals surface area contributed by atoms with E-state index in [4.69, 9.17) is 35.3 Å². The van der Waals surface area contributed by atoms with E-state index in [0.29, 0.717) is 46.2 Å². The molecule has 1 aliphatic rings. The van der Waals surface area contributed by atoms with Crippen LogP contribution in [-0.4, -0.2) is 61.9 Å². The van der Waals surface area contributed by atoms with Crippen molar-refractivity contribution < 1.29 is 43.3 Å². The normalized spacial score (nSPS) is 14.9. The van der Waals surface area contributed by atoms with Crippen molar-refractivity contribution in [3.63, 3.8) is 0 Å². The summed E-state index contributed by atoms with van der Waals surface area (Å²) < 4.78 is 27.6. The number of hydrogen-bond donors (Lipinski definition) is 4. The number of carbonyl (C=O) groups excluding carboxylic acids is 2. The zero-order valence-electron chi connectivity index (χ0n) is 26.4. The Hall–Kier alpha value is -5.54. The minimum absolute atomic E-state index is 0.0204. The van der Waals surface area contributed by atoms with Crippen LogP contribution in [0.2, 0.25) is 5.02 Å². The molecule has 1 aliphatic heterocycles. The standard InChI is InChI=1S/C32H34ClN5O10/c1-5-46-25-14-21(29-28(31(40)45-4)18(2)35-32(41)36-29)9-10-24(25)47-17-27(39)37-34-15-20-12-23(33)30(26(13-20)44-3)48-16-19-7-6-8-22(11-19)38(42)43/h6-15,27,29,37,39H,5,16-17H2,1-4H3,(H2,35,36,41)/b34-15-/t27-,29-/m0/s1. The molecule has 4 N–H and O–H groups in total. The number of methoxy groups -OCH3 is 2. The average molecular weight is 684 g/mol. The molecule has 0 fully saturated rings. The predicted molar refractivity (Wildman–Crippen MR) is 174 cm³/mol. The fourth-order valence-electron chi connectivity index (χ4n) is 4.69. The molecular weight excluding hydrogens is 650 g/mol. The number of carbonyl (C=O) groups is 2. The maximum Gasteiger partial charge on any atom is 0.337 e. The van der Waals surface area contributed by atoms with Crippen molar-refractivity contribution in [3.8, 4) is 23.0 Å². The first-order valence-electron chi connectivity index (χ1n) is 14.5. The number of hydrazone groups is 1. The summed E-state index contributed by atoms with van der Waals surface area (Å²) in [4.78, 5) is 35.2. The van der Waals surface area contributed by atoms with Gasteiger partial charge in [-0.05, 0) is 54.8 Å². The Bertz CT molecular complexity index is 1730. The first kappa shape index (κ1) is 35.3. The van der Waals surface area contributed by atoms with Crippen LogP contribution in [0.25, 0.3) is 0 Å². The zero-order valence-corrected chi connectivity index (χ0v) is 27.2. The highest BCUT2D eigenvalue weighted by Crippen LogP contribution is 2.37. The van der Waals surface area contributed by atoms with Crippen molar-refractivity contribution >= 4 is 35.5 Å². The lowest BCUT2D eigenvalue weighted by atomic mass is 9.95. The second kappa shape index (κ2) is 16.3. The number of urea groups is 1. The van der Waals surface area contributed by atoms with E-state index in [9.17, 15) is 24.8 Å². The van der Waals surface area contributed by atoms with Gasteiger partial charge in [0, 0.05) is 17.8 Å². The third kappa shape index (κ3) is 8.83. The van der Waals surface area contributed by atoms with Crippen molar-refractivity contribution in [2.75, 3.05) is 27.4 Å². The lowest BCUT2D eigenvalue weighted by molar-refractivity contribution is -0.384. The van der Waals surface area contributed by atoms with E-state index in [0.717, 1.165) is 0 Å². The SMILES string of the molecule is CCOc1cc([C@@H]2NC(=O)NC(C)=C2C(=O)OC)ccc1OC[C@H](O)N/N=C\c1cc(Cl)c(OCc2cccc([N+](=O)[O-])c2)c(OC)c1. The quantitative estimate of drug-likeness (QED) is 0.0585. The van der Waals surface area contributed by atoms with Gasteiger partial charge in [0.1, 0.15) is 13.2 Å². The molecule has 3 aromatic rings. The number of hydrogen-bond acceptors (Lipinski definition) is 12. The maximum atomic E-state index is 12.5. The van der Waals surface area contributed by atoms with Gasteiger partial charge in [0.15, 0.2) is 29.2 Å². The van der Waals surface area contributed by atoms with Crippen LogP contribution < -0.4 is 35.0 Å². The Morgan fingerprint density at radius 3 is 2.62 bits per heavy atom. The number of nitrogens with zero attached hydrogens (tertiary/aromatic N) is 2. The third-order valence-electron chi connectivity index (χ3n) is 6.87. The molecule has 0 saturated heterocycles. The molecule has 0 aromatic heterocycles. The van der Waals surface area contributed by atoms with Gasteiger partial charge in [-0.2, -0.15) is 5.10 Å². The van der Waals surface area contributed by atoms with Crippen molar-refractivity contribution in [2.45, 2.75) is 32.7 Å². The summed E-state index contributed by atoms with van der Waals surface area (Å²) in [6, 6.07) is 12.9. The highest BCUT2D eigenvalue weighted by Gasteiger charge is 2.32. The highest BCUT2D eigenvalue weighted by atomic mass is 35.5. The van der Waals surface area contributed by atoms with E-state index in [2.05, 4.69) is 21.2 Å². The molecule has 0 saturated carbocycles. The van der Waals surface area contributed by atoms with Gasteiger partial charge in [0.25, 0.3) is 5.69 Å². The van der Waals surface area contributed by atoms with Gasteiger partial charge < -0.3 is 39.4 Å². The second-order valence-corrected chi connectivity index (χ2v) is 10.6. The van der Waals surface area contributed by atoms with Crippen LogP contribution in [0.1, 0.15) is 36.6 Å². The van der Waals surface area contributed by atoms with Gasteiger partial charge in [-0.3, -0.25) is 15.5 Å². The summed E-state index contributed by atoms with van der Waals surface area (Å²) in [5.74, 6) is 0.591. The van der Waals surface area contributed by atoms with Gasteiger partial charge in [-0.25, -0.2) is 9.59 Å². The lowest BCUT2D eigenvalue weighted by Gasteiger charge is -2.28. The number of aliphatic hydroxyl groups is 1. The Morgan fingerprint density at radius 2 is 1.92 bits per heavy atom. The number of nitro groups is 1. The molecule has 15 nitrogen and oxygen atoms in total. The first-order valence-corrected chi connectivity index (χ1v) is 14.9. The maximum absolute atomic E-state index is 12.5. The van der Waals surface area contributed by atoms with E-state index in [-0.39, 0.29) is 35.2 Å². The minimum Gasteiger partial charge on any atom is -0.493 e. The van der Waals surface area contributed by atoms with Gasteiger partial charge in [0.05, 0.1) is 48.6 Å². The summed E-state index contributed by atoms with van der Waals surface area (Å²) in [5, 5.41) is 31.1. The van der Waals surface area contributed by atoms with E-state index in [1.807, 2.05) is 0 Å². The smallest absolute Gasteiger partial charge is 0.337 e. The minimum atomic E-state index is -1.23. The summed E-state index contributed by atoms with van der Waals surface area (Å²) in [5.41, 5.74) is 4.77. The molecule has 1 heterocycles. The van der Waals surface area contributed by atoms with Crippen molar-refractivity contribution in [1.29, 1.82) is 0 Å². The molecule has 254 valence electrons. The number of halogens is 1. The van der Waals surface area contributed by atoms with E-state index in [1.54, 1.807) is 56.3 Å². The van der Waals surface area contributed by atoms with Gasteiger partial charge >= 0.3 is 12.0 Å². The van der Waals surface area contributed by atoms with Gasteiger partial charge in [-0.15, -0.1) is 0 Å². The Labute approximate surface area is 280 Å². The van der Waals surface area contributed by atoms with E-state index < -0.39 is 29.2 Å². The topological polar surface area (TPSA) is 192 Å². The van der Waals surface area contributed by atoms with Crippen molar-refractivity contribution in [3.05, 3.63) is 97.7 Å². The van der Waals surface area contributed by atoms with Crippen molar-refractivity contribution in [2.24, 2.45) is 5.10 Å².